The van der Waals surface area contributed by atoms with Crippen LogP contribution < -0.4 is 5.73 Å². The zero-order chi connectivity index (χ0) is 13.6. The average molecular weight is 296 g/mol. The van der Waals surface area contributed by atoms with Gasteiger partial charge in [0, 0.05) is 44.0 Å². The third-order valence-electron chi connectivity index (χ3n) is 3.09. The van der Waals surface area contributed by atoms with Crippen LogP contribution in [0.25, 0.3) is 0 Å². The zero-order valence-electron chi connectivity index (χ0n) is 11.2. The fourth-order valence-corrected chi connectivity index (χ4v) is 5.05. The van der Waals surface area contributed by atoms with Gasteiger partial charge in [-0.1, -0.05) is 0 Å². The van der Waals surface area contributed by atoms with Crippen LogP contribution in [0.2, 0.25) is 0 Å². The summed E-state index contributed by atoms with van der Waals surface area (Å²) in [6.07, 6.45) is 2.14. The van der Waals surface area contributed by atoms with Crippen LogP contribution in [0, 0.1) is 0 Å². The molecule has 2 N–H and O–H groups in total. The van der Waals surface area contributed by atoms with Crippen LogP contribution in [0.1, 0.15) is 13.3 Å². The number of rotatable bonds is 7. The molecule has 18 heavy (non-hydrogen) atoms. The second-order valence-electron chi connectivity index (χ2n) is 4.50. The molecule has 0 amide bonds. The Balaban J connectivity index is 2.52. The van der Waals surface area contributed by atoms with Crippen LogP contribution in [-0.4, -0.2) is 68.8 Å². The Morgan fingerprint density at radius 2 is 2.28 bits per heavy atom. The van der Waals surface area contributed by atoms with Crippen molar-refractivity contribution in [2.45, 2.75) is 24.8 Å². The van der Waals surface area contributed by atoms with E-state index in [9.17, 15) is 8.42 Å². The molecule has 1 fully saturated rings. The molecule has 1 saturated heterocycles. The molecule has 1 aliphatic rings. The summed E-state index contributed by atoms with van der Waals surface area (Å²) in [5.74, 6) is 1.66. The van der Waals surface area contributed by atoms with E-state index >= 15 is 0 Å². The highest BCUT2D eigenvalue weighted by atomic mass is 32.2. The molecule has 0 spiro atoms. The van der Waals surface area contributed by atoms with Gasteiger partial charge >= 0.3 is 0 Å². The lowest BCUT2D eigenvalue weighted by Gasteiger charge is -2.34. The molecular formula is C11H24N2O3S2. The summed E-state index contributed by atoms with van der Waals surface area (Å²) in [4.78, 5) is 2.05. The smallest absolute Gasteiger partial charge is 0.164 e. The Kier molecular flexibility index (Phi) is 6.94. The molecule has 0 aromatic rings. The fraction of sp³-hybridized carbons (Fsp3) is 1.00. The van der Waals surface area contributed by atoms with E-state index in [-0.39, 0.29) is 11.5 Å². The number of ether oxygens (including phenoxy) is 1. The monoisotopic (exact) mass is 296 g/mol. The van der Waals surface area contributed by atoms with Gasteiger partial charge in [0.2, 0.25) is 0 Å². The molecule has 0 aromatic carbocycles. The van der Waals surface area contributed by atoms with Gasteiger partial charge in [-0.3, -0.25) is 4.90 Å². The minimum Gasteiger partial charge on any atom is -0.377 e. The minimum atomic E-state index is -3.01. The third-order valence-corrected chi connectivity index (χ3v) is 5.78. The predicted molar refractivity (Wildman–Crippen MR) is 76.6 cm³/mol. The largest absolute Gasteiger partial charge is 0.377 e. The van der Waals surface area contributed by atoms with Crippen molar-refractivity contribution in [1.82, 2.24) is 4.90 Å². The molecule has 0 radical (unpaired) electrons. The van der Waals surface area contributed by atoms with E-state index in [1.165, 1.54) is 6.26 Å². The Hall–Kier alpha value is 0.180. The van der Waals surface area contributed by atoms with E-state index in [1.54, 1.807) is 11.8 Å². The van der Waals surface area contributed by atoms with Crippen molar-refractivity contribution < 1.29 is 13.2 Å². The van der Waals surface area contributed by atoms with Gasteiger partial charge in [-0.05, 0) is 13.3 Å². The normalized spacial score (nSPS) is 24.1. The summed E-state index contributed by atoms with van der Waals surface area (Å²) in [5.41, 5.74) is 5.63. The van der Waals surface area contributed by atoms with Gasteiger partial charge in [0.15, 0.2) is 9.84 Å². The van der Waals surface area contributed by atoms with E-state index in [0.29, 0.717) is 18.9 Å². The van der Waals surface area contributed by atoms with Crippen LogP contribution in [0.5, 0.6) is 0 Å². The van der Waals surface area contributed by atoms with Gasteiger partial charge in [0.1, 0.15) is 5.37 Å². The number of sulfone groups is 1. The Morgan fingerprint density at radius 3 is 2.83 bits per heavy atom. The van der Waals surface area contributed by atoms with E-state index in [1.807, 2.05) is 11.8 Å². The predicted octanol–water partition coefficient (Wildman–Crippen LogP) is 0.160. The molecule has 2 atom stereocenters. The second-order valence-corrected chi connectivity index (χ2v) is 7.85. The van der Waals surface area contributed by atoms with E-state index in [4.69, 9.17) is 10.5 Å². The second kappa shape index (κ2) is 7.69. The molecule has 1 heterocycles. The maximum atomic E-state index is 11.7. The van der Waals surface area contributed by atoms with E-state index in [2.05, 4.69) is 0 Å². The summed E-state index contributed by atoms with van der Waals surface area (Å²) in [5, 5.41) is -0.351. The molecule has 5 nitrogen and oxygen atoms in total. The van der Waals surface area contributed by atoms with Crippen LogP contribution in [0.15, 0.2) is 0 Å². The van der Waals surface area contributed by atoms with Crippen LogP contribution >= 0.6 is 11.8 Å². The topological polar surface area (TPSA) is 72.6 Å². The molecular weight excluding hydrogens is 272 g/mol. The Bertz CT molecular complexity index is 335. The molecule has 1 aliphatic heterocycles. The van der Waals surface area contributed by atoms with E-state index in [0.717, 1.165) is 25.3 Å². The first-order valence-corrected chi connectivity index (χ1v) is 9.42. The van der Waals surface area contributed by atoms with Crippen molar-refractivity contribution in [1.29, 1.82) is 0 Å². The molecule has 108 valence electrons. The number of nitrogens with zero attached hydrogens (tertiary/aromatic N) is 1. The molecule has 1 rings (SSSR count). The van der Waals surface area contributed by atoms with Gasteiger partial charge in [0.25, 0.3) is 0 Å². The highest BCUT2D eigenvalue weighted by molar-refractivity contribution is 8.00. The van der Waals surface area contributed by atoms with Crippen molar-refractivity contribution >= 4 is 21.6 Å². The summed E-state index contributed by atoms with van der Waals surface area (Å²) in [6, 6.07) is 0. The van der Waals surface area contributed by atoms with Crippen LogP contribution in [0.4, 0.5) is 0 Å². The molecule has 2 unspecified atom stereocenters. The highest BCUT2D eigenvalue weighted by Gasteiger charge is 2.30. The van der Waals surface area contributed by atoms with Crippen molar-refractivity contribution in [3.05, 3.63) is 0 Å². The van der Waals surface area contributed by atoms with Crippen molar-refractivity contribution in [3.8, 4) is 0 Å². The summed E-state index contributed by atoms with van der Waals surface area (Å²) in [7, 11) is -3.01. The highest BCUT2D eigenvalue weighted by Crippen LogP contribution is 2.20. The van der Waals surface area contributed by atoms with Gasteiger partial charge in [-0.2, -0.15) is 11.8 Å². The average Bonchev–Trinajstić information content (AvgIpc) is 2.33. The summed E-state index contributed by atoms with van der Waals surface area (Å²) >= 11 is 1.71. The lowest BCUT2D eigenvalue weighted by atomic mass is 10.2. The number of hydrogen-bond acceptors (Lipinski definition) is 6. The minimum absolute atomic E-state index is 0.0322. The quantitative estimate of drug-likeness (QED) is 0.721. The van der Waals surface area contributed by atoms with Crippen molar-refractivity contribution in [2.24, 2.45) is 5.73 Å². The third kappa shape index (κ3) is 5.05. The summed E-state index contributed by atoms with van der Waals surface area (Å²) < 4.78 is 28.9. The van der Waals surface area contributed by atoms with Crippen molar-refractivity contribution in [2.75, 3.05) is 44.0 Å². The maximum absolute atomic E-state index is 11.7. The lowest BCUT2D eigenvalue weighted by molar-refractivity contribution is 0.0539. The Labute approximate surface area is 114 Å². The van der Waals surface area contributed by atoms with Gasteiger partial charge in [-0.15, -0.1) is 0 Å². The molecule has 0 bridgehead atoms. The lowest BCUT2D eigenvalue weighted by Crippen LogP contribution is -2.48. The summed E-state index contributed by atoms with van der Waals surface area (Å²) in [6.45, 7) is 4.64. The number of nitrogens with two attached hydrogens (primary N) is 1. The molecule has 0 aliphatic carbocycles. The van der Waals surface area contributed by atoms with Gasteiger partial charge < -0.3 is 10.5 Å². The Morgan fingerprint density at radius 1 is 1.56 bits per heavy atom. The number of thioether (sulfide) groups is 1. The van der Waals surface area contributed by atoms with Gasteiger partial charge in [0.05, 0.1) is 6.10 Å². The van der Waals surface area contributed by atoms with Crippen molar-refractivity contribution in [3.63, 3.8) is 0 Å². The molecule has 7 heteroatoms. The first-order valence-electron chi connectivity index (χ1n) is 6.31. The first kappa shape index (κ1) is 16.2. The number of hydrogen-bond donors (Lipinski definition) is 1. The molecule has 0 aromatic heterocycles. The van der Waals surface area contributed by atoms with Gasteiger partial charge in [-0.25, -0.2) is 8.42 Å². The first-order chi connectivity index (χ1) is 8.49. The maximum Gasteiger partial charge on any atom is 0.164 e. The fourth-order valence-electron chi connectivity index (χ4n) is 2.08. The molecule has 0 saturated carbocycles. The van der Waals surface area contributed by atoms with E-state index < -0.39 is 9.84 Å². The van der Waals surface area contributed by atoms with Crippen LogP contribution in [-0.2, 0) is 14.6 Å². The zero-order valence-corrected chi connectivity index (χ0v) is 12.8. The standard InChI is InChI=1S/C11H24N2O3S2/c1-3-16-10(8-12)4-5-13-6-7-17-9-11(13)18(2,14)15/h10-11H,3-9,12H2,1-2H3. The SMILES string of the molecule is CCOC(CN)CCN1CCSCC1S(C)(=O)=O. The van der Waals surface area contributed by atoms with Crippen LogP contribution in [0.3, 0.4) is 0 Å².